The van der Waals surface area contributed by atoms with E-state index in [-0.39, 0.29) is 17.4 Å². The molecule has 0 atom stereocenters. The maximum Gasteiger partial charge on any atom is 0.254 e. The molecule has 0 bridgehead atoms. The molecule has 2 aromatic rings. The van der Waals surface area contributed by atoms with Crippen LogP contribution in [0.3, 0.4) is 0 Å². The number of hydrogen-bond acceptors (Lipinski definition) is 5. The number of hydrogen-bond donors (Lipinski definition) is 0. The molecule has 2 amide bonds. The van der Waals surface area contributed by atoms with E-state index in [9.17, 15) is 9.59 Å². The lowest BCUT2D eigenvalue weighted by molar-refractivity contribution is 0.0724. The van der Waals surface area contributed by atoms with E-state index in [0.29, 0.717) is 12.1 Å². The van der Waals surface area contributed by atoms with E-state index in [1.807, 2.05) is 42.3 Å². The van der Waals surface area contributed by atoms with Crippen LogP contribution in [-0.2, 0) is 6.54 Å². The number of amides is 2. The van der Waals surface area contributed by atoms with Crippen molar-refractivity contribution in [3.63, 3.8) is 0 Å². The van der Waals surface area contributed by atoms with Gasteiger partial charge in [0.25, 0.3) is 11.8 Å². The van der Waals surface area contributed by atoms with E-state index < -0.39 is 0 Å². The van der Waals surface area contributed by atoms with Gasteiger partial charge in [-0.1, -0.05) is 6.07 Å². The topological polar surface area (TPSA) is 68.6 Å². The van der Waals surface area contributed by atoms with E-state index in [2.05, 4.69) is 11.0 Å². The number of piperidine rings is 1. The zero-order chi connectivity index (χ0) is 23.0. The number of carbonyl (C=O) groups is 2. The summed E-state index contributed by atoms with van der Waals surface area (Å²) in [5, 5.41) is 0. The summed E-state index contributed by atoms with van der Waals surface area (Å²) in [5.74, 6) is 1.07. The maximum atomic E-state index is 13.2. The second-order valence-electron chi connectivity index (χ2n) is 10.3. The van der Waals surface area contributed by atoms with Gasteiger partial charge >= 0.3 is 0 Å². The van der Waals surface area contributed by atoms with E-state index in [0.717, 1.165) is 84.9 Å². The Labute approximate surface area is 198 Å². The third-order valence-electron chi connectivity index (χ3n) is 7.84. The number of nitrogens with zero attached hydrogens (tertiary/aromatic N) is 5. The van der Waals surface area contributed by atoms with Crippen LogP contribution in [0.5, 0.6) is 0 Å². The van der Waals surface area contributed by atoms with Crippen LogP contribution in [0.4, 0.5) is 11.4 Å². The molecule has 2 fully saturated rings. The van der Waals surface area contributed by atoms with Gasteiger partial charge in [0.2, 0.25) is 0 Å². The summed E-state index contributed by atoms with van der Waals surface area (Å²) in [6.07, 6.45) is 5.55. The Bertz CT molecular complexity index is 1320. The fraction of sp³-hybridized carbons (Fsp3) is 0.407. The molecule has 1 aliphatic carbocycles. The third kappa shape index (κ3) is 2.95. The summed E-state index contributed by atoms with van der Waals surface area (Å²) in [4.78, 5) is 41.7. The highest BCUT2D eigenvalue weighted by Gasteiger charge is 2.51. The molecule has 172 valence electrons. The lowest BCUT2D eigenvalue weighted by atomic mass is 10.00. The first-order valence-corrected chi connectivity index (χ1v) is 12.3. The Hall–Kier alpha value is -3.48. The number of aliphatic imine (C=N–C) groups is 2. The second kappa shape index (κ2) is 7.01. The van der Waals surface area contributed by atoms with Gasteiger partial charge in [-0.25, -0.2) is 4.99 Å². The molecule has 7 heteroatoms. The van der Waals surface area contributed by atoms with Gasteiger partial charge in [-0.05, 0) is 68.0 Å². The van der Waals surface area contributed by atoms with Crippen LogP contribution in [-0.4, -0.2) is 65.4 Å². The summed E-state index contributed by atoms with van der Waals surface area (Å²) >= 11 is 0. The van der Waals surface area contributed by atoms with Gasteiger partial charge in [0.15, 0.2) is 5.84 Å². The number of fused-ring (bicyclic) bond motifs is 4. The Morgan fingerprint density at radius 3 is 2.65 bits per heavy atom. The molecular formula is C27H27N5O2. The number of likely N-dealkylation sites (tertiary alicyclic amines) is 1. The van der Waals surface area contributed by atoms with Gasteiger partial charge in [-0.15, -0.1) is 0 Å². The highest BCUT2D eigenvalue weighted by molar-refractivity contribution is 6.54. The average molecular weight is 454 g/mol. The zero-order valence-electron chi connectivity index (χ0n) is 19.4. The quantitative estimate of drug-likeness (QED) is 0.695. The molecule has 0 N–H and O–H groups in total. The van der Waals surface area contributed by atoms with E-state index in [4.69, 9.17) is 9.98 Å². The van der Waals surface area contributed by atoms with Gasteiger partial charge in [-0.3, -0.25) is 14.6 Å². The van der Waals surface area contributed by atoms with E-state index in [1.54, 1.807) is 4.90 Å². The normalized spacial score (nSPS) is 21.8. The van der Waals surface area contributed by atoms with E-state index >= 15 is 0 Å². The van der Waals surface area contributed by atoms with Crippen LogP contribution in [0.1, 0.15) is 63.9 Å². The highest BCUT2D eigenvalue weighted by atomic mass is 16.2. The molecule has 4 heterocycles. The largest absolute Gasteiger partial charge is 0.339 e. The molecule has 0 radical (unpaired) electrons. The summed E-state index contributed by atoms with van der Waals surface area (Å²) in [6.45, 7) is 3.14. The third-order valence-corrected chi connectivity index (χ3v) is 7.84. The minimum absolute atomic E-state index is 0.00686. The monoisotopic (exact) mass is 453 g/mol. The van der Waals surface area contributed by atoms with Crippen molar-refractivity contribution < 1.29 is 9.59 Å². The zero-order valence-corrected chi connectivity index (χ0v) is 19.4. The number of carbonyl (C=O) groups excluding carboxylic acids is 2. The van der Waals surface area contributed by atoms with Crippen LogP contribution in [0.15, 0.2) is 46.4 Å². The first kappa shape index (κ1) is 19.9. The molecule has 0 unspecified atom stereocenters. The van der Waals surface area contributed by atoms with Gasteiger partial charge in [0.1, 0.15) is 5.71 Å². The van der Waals surface area contributed by atoms with Crippen LogP contribution in [0.25, 0.3) is 0 Å². The maximum absolute atomic E-state index is 13.2. The molecule has 34 heavy (non-hydrogen) atoms. The molecule has 2 aromatic carbocycles. The standard InChI is InChI=1S/C27H27N5O2/c1-30-15-19-13-17(5-7-20(19)26(30)34)23-24-29-27(9-10-27)16-32(24)22-8-6-18(14-21(22)28-23)25(33)31-11-3-2-4-12-31/h5-8,13-14H,2-4,9-12,15-16H2,1H3. The van der Waals surface area contributed by atoms with Crippen molar-refractivity contribution >= 4 is 34.7 Å². The number of anilines is 1. The summed E-state index contributed by atoms with van der Waals surface area (Å²) in [6, 6.07) is 11.9. The Morgan fingerprint density at radius 2 is 1.85 bits per heavy atom. The molecule has 7 rings (SSSR count). The summed E-state index contributed by atoms with van der Waals surface area (Å²) in [7, 11) is 1.83. The predicted octanol–water partition coefficient (Wildman–Crippen LogP) is 3.78. The summed E-state index contributed by atoms with van der Waals surface area (Å²) in [5.41, 5.74) is 6.16. The van der Waals surface area contributed by atoms with Crippen molar-refractivity contribution in [1.82, 2.24) is 9.80 Å². The van der Waals surface area contributed by atoms with Crippen LogP contribution in [0.2, 0.25) is 0 Å². The molecule has 7 nitrogen and oxygen atoms in total. The summed E-state index contributed by atoms with van der Waals surface area (Å²) < 4.78 is 0. The number of rotatable bonds is 2. The van der Waals surface area contributed by atoms with Gasteiger partial charge in [-0.2, -0.15) is 0 Å². The lowest BCUT2D eigenvalue weighted by Gasteiger charge is -2.29. The van der Waals surface area contributed by atoms with E-state index in [1.165, 1.54) is 6.42 Å². The SMILES string of the molecule is CN1Cc2cc(C3=Nc4cc(C(=O)N5CCCCC5)ccc4N4CC5(CC5)N=C34)ccc2C1=O. The molecule has 1 spiro atoms. The van der Waals surface area contributed by atoms with Crippen molar-refractivity contribution in [1.29, 1.82) is 0 Å². The first-order valence-electron chi connectivity index (χ1n) is 12.3. The highest BCUT2D eigenvalue weighted by Crippen LogP contribution is 2.48. The molecule has 0 aromatic heterocycles. The molecular weight excluding hydrogens is 426 g/mol. The average Bonchev–Trinajstić information content (AvgIpc) is 3.41. The van der Waals surface area contributed by atoms with Gasteiger partial charge < -0.3 is 14.7 Å². The molecule has 4 aliphatic heterocycles. The lowest BCUT2D eigenvalue weighted by Crippen LogP contribution is -2.38. The van der Waals surface area contributed by atoms with Crippen molar-refractivity contribution in [2.45, 2.75) is 44.2 Å². The van der Waals surface area contributed by atoms with Crippen LogP contribution < -0.4 is 4.90 Å². The smallest absolute Gasteiger partial charge is 0.254 e. The Balaban J connectivity index is 1.32. The fourth-order valence-electron chi connectivity index (χ4n) is 5.72. The Morgan fingerprint density at radius 1 is 1.03 bits per heavy atom. The van der Waals surface area contributed by atoms with Crippen molar-refractivity contribution in [2.24, 2.45) is 9.98 Å². The molecule has 1 saturated carbocycles. The predicted molar refractivity (Wildman–Crippen MR) is 131 cm³/mol. The minimum Gasteiger partial charge on any atom is -0.339 e. The fourth-order valence-corrected chi connectivity index (χ4v) is 5.72. The van der Waals surface area contributed by atoms with Crippen LogP contribution >= 0.6 is 0 Å². The van der Waals surface area contributed by atoms with Crippen molar-refractivity contribution in [2.75, 3.05) is 31.6 Å². The first-order chi connectivity index (χ1) is 16.5. The molecule has 5 aliphatic rings. The minimum atomic E-state index is 0.00686. The van der Waals surface area contributed by atoms with Crippen molar-refractivity contribution in [3.05, 3.63) is 58.7 Å². The Kier molecular flexibility index (Phi) is 4.11. The van der Waals surface area contributed by atoms with Crippen molar-refractivity contribution in [3.8, 4) is 0 Å². The van der Waals surface area contributed by atoms with Gasteiger partial charge in [0.05, 0.1) is 23.5 Å². The number of benzene rings is 2. The second-order valence-corrected chi connectivity index (χ2v) is 10.3. The number of amidine groups is 1. The van der Waals surface area contributed by atoms with Gasteiger partial charge in [0, 0.05) is 43.4 Å². The molecule has 1 saturated heterocycles. The van der Waals surface area contributed by atoms with Crippen LogP contribution in [0, 0.1) is 0 Å².